The second kappa shape index (κ2) is 39.5. The van der Waals surface area contributed by atoms with E-state index in [1.54, 1.807) is 20.0 Å². The van der Waals surface area contributed by atoms with Crippen LogP contribution in [0.15, 0.2) is 43.0 Å². The summed E-state index contributed by atoms with van der Waals surface area (Å²) in [5.41, 5.74) is 18.8. The Balaban J connectivity index is 1.85. The van der Waals surface area contributed by atoms with Crippen molar-refractivity contribution in [3.8, 4) is 0 Å². The highest BCUT2D eigenvalue weighted by molar-refractivity contribution is 7.98. The van der Waals surface area contributed by atoms with Gasteiger partial charge in [0.2, 0.25) is 53.2 Å². The summed E-state index contributed by atoms with van der Waals surface area (Å²) in [5.74, 6) is -7.82. The minimum atomic E-state index is -1.49. The van der Waals surface area contributed by atoms with E-state index in [1.807, 2.05) is 30.5 Å². The van der Waals surface area contributed by atoms with Crippen molar-refractivity contribution in [3.63, 3.8) is 0 Å². The number of H-pyrrole nitrogens is 2. The summed E-state index contributed by atoms with van der Waals surface area (Å²) in [6, 6.07) is -1.92. The molecule has 0 spiro atoms. The van der Waals surface area contributed by atoms with Crippen molar-refractivity contribution in [1.29, 1.82) is 0 Å². The van der Waals surface area contributed by atoms with Crippen molar-refractivity contribution in [3.05, 3.63) is 54.2 Å². The average Bonchev–Trinajstić information content (AvgIpc) is 4.19. The number of rotatable bonds is 45. The molecule has 7 atom stereocenters. The molecule has 0 aliphatic heterocycles. The first-order valence-electron chi connectivity index (χ1n) is 29.4. The normalized spacial score (nSPS) is 13.8. The van der Waals surface area contributed by atoms with E-state index in [0.717, 1.165) is 36.6 Å². The molecule has 462 valence electrons. The Kier molecular flexibility index (Phi) is 33.4. The van der Waals surface area contributed by atoms with E-state index in [-0.39, 0.29) is 70.3 Å². The smallest absolute Gasteiger partial charge is 0.303 e. The number of hydrogen-bond acceptors (Lipinski definition) is 13. The zero-order chi connectivity index (χ0) is 61.1. The van der Waals surface area contributed by atoms with E-state index in [4.69, 9.17) is 17.2 Å². The molecule has 2 aromatic heterocycles. The summed E-state index contributed by atoms with van der Waals surface area (Å²) in [6.45, 7) is 6.05. The number of carbonyl (C=O) groups is 10. The molecule has 0 unspecified atom stereocenters. The number of aliphatic carboxylic acids is 1. The van der Waals surface area contributed by atoms with Gasteiger partial charge in [0.15, 0.2) is 0 Å². The lowest BCUT2D eigenvalue weighted by atomic mass is 10.00. The number of aromatic nitrogens is 3. The van der Waals surface area contributed by atoms with E-state index >= 15 is 0 Å². The number of amides is 9. The molecule has 0 aliphatic rings. The number of unbranched alkanes of at least 4 members (excludes halogenated alkanes) is 11. The average molecular weight is 1180 g/mol. The molecule has 9 amide bonds. The van der Waals surface area contributed by atoms with E-state index in [9.17, 15) is 53.1 Å². The van der Waals surface area contributed by atoms with Gasteiger partial charge in [-0.1, -0.05) is 103 Å². The summed E-state index contributed by atoms with van der Waals surface area (Å²) >= 11 is 1.44. The molecule has 1 aromatic carbocycles. The molecule has 0 radical (unpaired) electrons. The van der Waals surface area contributed by atoms with Crippen molar-refractivity contribution in [2.45, 2.75) is 211 Å². The van der Waals surface area contributed by atoms with Crippen LogP contribution in [0.4, 0.5) is 0 Å². The van der Waals surface area contributed by atoms with Gasteiger partial charge in [0.25, 0.3) is 0 Å². The third kappa shape index (κ3) is 27.7. The summed E-state index contributed by atoms with van der Waals surface area (Å²) in [4.78, 5) is 145. The number of carbonyl (C=O) groups excluding carboxylic acids is 9. The number of nitrogens with zero attached hydrogens (tertiary/aromatic N) is 1. The first-order chi connectivity index (χ1) is 39.8. The number of primary amides is 2. The predicted molar refractivity (Wildman–Crippen MR) is 319 cm³/mol. The molecule has 3 aromatic rings. The van der Waals surface area contributed by atoms with Crippen LogP contribution in [0.1, 0.15) is 167 Å². The number of fused-ring (bicyclic) bond motifs is 1. The number of imidazole rings is 1. The molecule has 0 aliphatic carbocycles. The van der Waals surface area contributed by atoms with Gasteiger partial charge in [-0.3, -0.25) is 47.9 Å². The Morgan fingerprint density at radius 2 is 1.10 bits per heavy atom. The molecule has 0 saturated heterocycles. The minimum absolute atomic E-state index is 0.0125. The third-order valence-electron chi connectivity index (χ3n) is 14.2. The molecule has 83 heavy (non-hydrogen) atoms. The molecule has 24 nitrogen and oxygen atoms in total. The standard InChI is InChI=1S/C58H93N13O11S/c1-5-6-7-8-9-10-11-12-13-14-15-23-50(73)65-44(25-27-51(74)75)54(78)71-48(33-39-35-62-36-64-39)58(82)69-46(31-37(2)3)56(80)67-43(22-18-19-29-59)53(77)68-45(24-26-49(60)72)55(79)70-47(57(81)66-42(52(61)76)28-30-83-4)32-38-34-63-41-21-17-16-20-40(38)41/h16-17,20-21,34-37,42-48,63H,5-15,18-19,22-33,59H2,1-4H3,(H2,60,72)(H2,61,76)(H,62,64)(H,65,73)(H,66,81)(H,67,80)(H,68,77)(H,69,82)(H,70,79)(H,71,78)(H,74,75)/t42-,43-,44-,45-,46-,47-,48-/m0/s1. The molecule has 0 saturated carbocycles. The molecule has 16 N–H and O–H groups in total. The number of nitrogens with two attached hydrogens (primary N) is 3. The quantitative estimate of drug-likeness (QED) is 0.0361. The number of thioether (sulfide) groups is 1. The molecular weight excluding hydrogens is 1090 g/mol. The molecular formula is C58H93N13O11S. The summed E-state index contributed by atoms with van der Waals surface area (Å²) in [5, 5.41) is 29.1. The predicted octanol–water partition coefficient (Wildman–Crippen LogP) is 3.31. The Morgan fingerprint density at radius 3 is 1.65 bits per heavy atom. The van der Waals surface area contributed by atoms with Crippen LogP contribution in [0.25, 0.3) is 10.9 Å². The van der Waals surface area contributed by atoms with Gasteiger partial charge in [-0.05, 0) is 87.5 Å². The Bertz CT molecular complexity index is 2510. The molecule has 0 fully saturated rings. The lowest BCUT2D eigenvalue weighted by molar-refractivity contribution is -0.138. The van der Waals surface area contributed by atoms with Crippen LogP contribution in [0.3, 0.4) is 0 Å². The fourth-order valence-corrected chi connectivity index (χ4v) is 9.95. The second-order valence-electron chi connectivity index (χ2n) is 21.7. The van der Waals surface area contributed by atoms with Gasteiger partial charge in [0.1, 0.15) is 42.3 Å². The first-order valence-corrected chi connectivity index (χ1v) is 30.8. The van der Waals surface area contributed by atoms with Gasteiger partial charge in [0.05, 0.1) is 6.33 Å². The molecule has 25 heteroatoms. The zero-order valence-electron chi connectivity index (χ0n) is 49.0. The Labute approximate surface area is 491 Å². The van der Waals surface area contributed by atoms with Gasteiger partial charge in [-0.15, -0.1) is 0 Å². The van der Waals surface area contributed by atoms with Crippen molar-refractivity contribution in [2.24, 2.45) is 23.1 Å². The molecule has 3 rings (SSSR count). The van der Waals surface area contributed by atoms with Crippen LogP contribution in [0, 0.1) is 5.92 Å². The van der Waals surface area contributed by atoms with E-state index < -0.39 is 108 Å². The van der Waals surface area contributed by atoms with Crippen LogP contribution < -0.4 is 54.4 Å². The van der Waals surface area contributed by atoms with E-state index in [0.29, 0.717) is 36.3 Å². The second-order valence-corrected chi connectivity index (χ2v) is 22.6. The van der Waals surface area contributed by atoms with Crippen molar-refractivity contribution < 1.29 is 53.1 Å². The Morgan fingerprint density at radius 1 is 0.578 bits per heavy atom. The summed E-state index contributed by atoms with van der Waals surface area (Å²) in [6.07, 6.45) is 17.8. The fourth-order valence-electron chi connectivity index (χ4n) is 9.48. The lowest BCUT2D eigenvalue weighted by Gasteiger charge is -2.28. The van der Waals surface area contributed by atoms with Gasteiger partial charge in [-0.25, -0.2) is 4.98 Å². The number of para-hydroxylation sites is 1. The highest BCUT2D eigenvalue weighted by Crippen LogP contribution is 2.20. The van der Waals surface area contributed by atoms with Crippen LogP contribution >= 0.6 is 11.8 Å². The summed E-state index contributed by atoms with van der Waals surface area (Å²) < 4.78 is 0. The number of nitrogens with one attached hydrogen (secondary N) is 9. The first kappa shape index (κ1) is 70.2. The van der Waals surface area contributed by atoms with Crippen LogP contribution in [0.2, 0.25) is 0 Å². The van der Waals surface area contributed by atoms with Gasteiger partial charge in [-0.2, -0.15) is 11.8 Å². The van der Waals surface area contributed by atoms with E-state index in [1.165, 1.54) is 62.8 Å². The number of carboxylic acid groups (broad SMARTS) is 1. The topological polar surface area (TPSA) is 398 Å². The van der Waals surface area contributed by atoms with Crippen LogP contribution in [0.5, 0.6) is 0 Å². The maximum absolute atomic E-state index is 14.5. The SMILES string of the molecule is CCCCCCCCCCCCCC(=O)N[C@@H](CCC(=O)O)C(=O)N[C@@H](Cc1cnc[nH]1)C(=O)N[C@@H](CC(C)C)C(=O)N[C@@H](CCCCN)C(=O)N[C@@H](CCC(N)=O)C(=O)N[C@@H](Cc1c[nH]c2ccccc12)C(=O)N[C@@H](CCSC)C(N)=O. The zero-order valence-corrected chi connectivity index (χ0v) is 49.8. The van der Waals surface area contributed by atoms with Gasteiger partial charge >= 0.3 is 5.97 Å². The van der Waals surface area contributed by atoms with Crippen molar-refractivity contribution in [2.75, 3.05) is 18.6 Å². The monoisotopic (exact) mass is 1180 g/mol. The third-order valence-corrected chi connectivity index (χ3v) is 14.8. The number of benzene rings is 1. The van der Waals surface area contributed by atoms with Gasteiger partial charge in [0, 0.05) is 61.1 Å². The number of carboxylic acids is 1. The maximum atomic E-state index is 14.5. The highest BCUT2D eigenvalue weighted by atomic mass is 32.2. The highest BCUT2D eigenvalue weighted by Gasteiger charge is 2.35. The maximum Gasteiger partial charge on any atom is 0.303 e. The van der Waals surface area contributed by atoms with Crippen molar-refractivity contribution >= 4 is 81.8 Å². The fraction of sp³-hybridized carbons (Fsp3) is 0.638. The number of aromatic amines is 2. The Hall–Kier alpha value is -7.02. The van der Waals surface area contributed by atoms with Crippen molar-refractivity contribution in [1.82, 2.24) is 52.2 Å². The summed E-state index contributed by atoms with van der Waals surface area (Å²) in [7, 11) is 0. The van der Waals surface area contributed by atoms with Crippen LogP contribution in [-0.4, -0.2) is 140 Å². The number of hydrogen-bond donors (Lipinski definition) is 13. The largest absolute Gasteiger partial charge is 0.481 e. The molecule has 0 bridgehead atoms. The lowest BCUT2D eigenvalue weighted by Crippen LogP contribution is -2.60. The molecule has 2 heterocycles. The van der Waals surface area contributed by atoms with E-state index in [2.05, 4.69) is 59.1 Å². The van der Waals surface area contributed by atoms with Gasteiger partial charge < -0.3 is 69.5 Å². The van der Waals surface area contributed by atoms with Crippen LogP contribution in [-0.2, 0) is 60.8 Å². The minimum Gasteiger partial charge on any atom is -0.481 e.